The summed E-state index contributed by atoms with van der Waals surface area (Å²) < 4.78 is 5.74. The van der Waals surface area contributed by atoms with Gasteiger partial charge in [0.05, 0.1) is 0 Å². The second-order valence-electron chi connectivity index (χ2n) is 4.22. The van der Waals surface area contributed by atoms with Gasteiger partial charge >= 0.3 is 0 Å². The zero-order valence-electron chi connectivity index (χ0n) is 10.8. The fraction of sp³-hybridized carbons (Fsp3) is 0.333. The van der Waals surface area contributed by atoms with Crippen LogP contribution in [0.4, 0.5) is 0 Å². The smallest absolute Gasteiger partial charge is 0.122 e. The molecule has 0 bridgehead atoms. The Balaban J connectivity index is 1.91. The lowest BCUT2D eigenvalue weighted by Crippen LogP contribution is -2.17. The molecule has 18 heavy (non-hydrogen) atoms. The molecule has 0 fully saturated rings. The van der Waals surface area contributed by atoms with Crippen LogP contribution in [-0.4, -0.2) is 6.54 Å². The third kappa shape index (κ3) is 3.59. The number of nitrogens with one attached hydrogen (secondary N) is 1. The number of hydrogen-bond acceptors (Lipinski definition) is 3. The maximum atomic E-state index is 5.74. The number of ether oxygens (including phenoxy) is 1. The minimum Gasteiger partial charge on any atom is -0.488 e. The Morgan fingerprint density at radius 3 is 2.61 bits per heavy atom. The molecule has 2 nitrogen and oxygen atoms in total. The van der Waals surface area contributed by atoms with Gasteiger partial charge in [-0.25, -0.2) is 0 Å². The van der Waals surface area contributed by atoms with E-state index in [0.29, 0.717) is 12.6 Å². The van der Waals surface area contributed by atoms with Gasteiger partial charge in [-0.1, -0.05) is 25.1 Å². The summed E-state index contributed by atoms with van der Waals surface area (Å²) in [6, 6.07) is 12.8. The van der Waals surface area contributed by atoms with Crippen molar-refractivity contribution in [1.29, 1.82) is 0 Å². The molecule has 1 heterocycles. The predicted molar refractivity (Wildman–Crippen MR) is 77.2 cm³/mol. The maximum absolute atomic E-state index is 5.74. The second kappa shape index (κ2) is 6.57. The van der Waals surface area contributed by atoms with Crippen molar-refractivity contribution < 1.29 is 4.74 Å². The van der Waals surface area contributed by atoms with E-state index in [4.69, 9.17) is 4.74 Å². The third-order valence-electron chi connectivity index (χ3n) is 2.85. The Hall–Kier alpha value is -1.32. The van der Waals surface area contributed by atoms with Crippen molar-refractivity contribution in [1.82, 2.24) is 5.32 Å². The molecule has 0 aliphatic carbocycles. The van der Waals surface area contributed by atoms with Crippen LogP contribution in [0, 0.1) is 0 Å². The first-order chi connectivity index (χ1) is 8.79. The van der Waals surface area contributed by atoms with E-state index in [2.05, 4.69) is 42.7 Å². The molecule has 0 amide bonds. The van der Waals surface area contributed by atoms with Crippen LogP contribution in [0.3, 0.4) is 0 Å². The lowest BCUT2D eigenvalue weighted by molar-refractivity contribution is 0.309. The zero-order chi connectivity index (χ0) is 12.8. The number of thiophene rings is 1. The molecule has 0 aliphatic heterocycles. The Morgan fingerprint density at radius 2 is 2.00 bits per heavy atom. The van der Waals surface area contributed by atoms with Gasteiger partial charge < -0.3 is 10.1 Å². The summed E-state index contributed by atoms with van der Waals surface area (Å²) in [5, 5.41) is 5.47. The summed E-state index contributed by atoms with van der Waals surface area (Å²) in [6.45, 7) is 5.93. The van der Waals surface area contributed by atoms with E-state index in [1.165, 1.54) is 10.4 Å². The van der Waals surface area contributed by atoms with Gasteiger partial charge in [0.25, 0.3) is 0 Å². The van der Waals surface area contributed by atoms with E-state index in [1.807, 2.05) is 18.2 Å². The van der Waals surface area contributed by atoms with Crippen molar-refractivity contribution >= 4 is 11.3 Å². The highest BCUT2D eigenvalue weighted by molar-refractivity contribution is 7.09. The average Bonchev–Trinajstić information content (AvgIpc) is 2.90. The summed E-state index contributed by atoms with van der Waals surface area (Å²) in [7, 11) is 0. The molecule has 1 N–H and O–H groups in total. The lowest BCUT2D eigenvalue weighted by atomic mass is 10.1. The van der Waals surface area contributed by atoms with Gasteiger partial charge in [0.15, 0.2) is 0 Å². The fourth-order valence-electron chi connectivity index (χ4n) is 1.83. The molecule has 3 heteroatoms. The Morgan fingerprint density at radius 1 is 1.22 bits per heavy atom. The van der Waals surface area contributed by atoms with Crippen molar-refractivity contribution in [3.05, 3.63) is 52.2 Å². The Bertz CT molecular complexity index is 450. The molecular weight excluding hydrogens is 242 g/mol. The van der Waals surface area contributed by atoms with E-state index >= 15 is 0 Å². The van der Waals surface area contributed by atoms with Crippen LogP contribution in [0.1, 0.15) is 30.3 Å². The van der Waals surface area contributed by atoms with E-state index in [-0.39, 0.29) is 0 Å². The molecule has 0 saturated heterocycles. The van der Waals surface area contributed by atoms with Crippen LogP contribution < -0.4 is 10.1 Å². The molecule has 1 atom stereocenters. The SMILES string of the molecule is CCNC(C)c1ccc(OCc2cccs2)cc1. The van der Waals surface area contributed by atoms with E-state index in [0.717, 1.165) is 12.3 Å². The summed E-state index contributed by atoms with van der Waals surface area (Å²) in [6.07, 6.45) is 0. The molecule has 1 aromatic carbocycles. The molecule has 1 unspecified atom stereocenters. The lowest BCUT2D eigenvalue weighted by Gasteiger charge is -2.13. The summed E-state index contributed by atoms with van der Waals surface area (Å²) in [4.78, 5) is 1.25. The molecule has 1 aromatic heterocycles. The van der Waals surface area contributed by atoms with Crippen LogP contribution >= 0.6 is 11.3 Å². The number of hydrogen-bond donors (Lipinski definition) is 1. The van der Waals surface area contributed by atoms with Gasteiger partial charge in [0, 0.05) is 10.9 Å². The maximum Gasteiger partial charge on any atom is 0.122 e. The van der Waals surface area contributed by atoms with Crippen LogP contribution in [0.5, 0.6) is 5.75 Å². The normalized spacial score (nSPS) is 12.3. The van der Waals surface area contributed by atoms with Crippen LogP contribution in [0.2, 0.25) is 0 Å². The highest BCUT2D eigenvalue weighted by Gasteiger charge is 2.03. The summed E-state index contributed by atoms with van der Waals surface area (Å²) >= 11 is 1.72. The van der Waals surface area contributed by atoms with Gasteiger partial charge in [-0.05, 0) is 42.6 Å². The number of rotatable bonds is 6. The highest BCUT2D eigenvalue weighted by Crippen LogP contribution is 2.19. The van der Waals surface area contributed by atoms with Crippen molar-refractivity contribution in [3.8, 4) is 5.75 Å². The standard InChI is InChI=1S/C15H19NOS/c1-3-16-12(2)13-6-8-14(9-7-13)17-11-15-5-4-10-18-15/h4-10,12,16H,3,11H2,1-2H3. The van der Waals surface area contributed by atoms with Crippen molar-refractivity contribution in [3.63, 3.8) is 0 Å². The van der Waals surface area contributed by atoms with Crippen LogP contribution in [-0.2, 0) is 6.61 Å². The largest absolute Gasteiger partial charge is 0.488 e. The molecular formula is C15H19NOS. The van der Waals surface area contributed by atoms with Gasteiger partial charge in [-0.15, -0.1) is 11.3 Å². The molecule has 2 rings (SSSR count). The second-order valence-corrected chi connectivity index (χ2v) is 5.25. The molecule has 0 radical (unpaired) electrons. The van der Waals surface area contributed by atoms with Crippen molar-refractivity contribution in [2.75, 3.05) is 6.54 Å². The Labute approximate surface area is 113 Å². The van der Waals surface area contributed by atoms with E-state index in [9.17, 15) is 0 Å². The first kappa shape index (κ1) is 13.1. The highest BCUT2D eigenvalue weighted by atomic mass is 32.1. The Kier molecular flexibility index (Phi) is 4.79. The predicted octanol–water partition coefficient (Wildman–Crippen LogP) is 4.00. The zero-order valence-corrected chi connectivity index (χ0v) is 11.7. The summed E-state index contributed by atoms with van der Waals surface area (Å²) in [5.41, 5.74) is 1.29. The number of benzene rings is 1. The van der Waals surface area contributed by atoms with Gasteiger partial charge in [-0.2, -0.15) is 0 Å². The van der Waals surface area contributed by atoms with Crippen LogP contribution in [0.15, 0.2) is 41.8 Å². The molecule has 0 spiro atoms. The van der Waals surface area contributed by atoms with Crippen molar-refractivity contribution in [2.24, 2.45) is 0 Å². The summed E-state index contributed by atoms with van der Waals surface area (Å²) in [5.74, 6) is 0.927. The fourth-order valence-corrected chi connectivity index (χ4v) is 2.44. The topological polar surface area (TPSA) is 21.3 Å². The average molecular weight is 261 g/mol. The van der Waals surface area contributed by atoms with Gasteiger partial charge in [-0.3, -0.25) is 0 Å². The molecule has 2 aromatic rings. The van der Waals surface area contributed by atoms with Gasteiger partial charge in [0.1, 0.15) is 12.4 Å². The minimum absolute atomic E-state index is 0.390. The molecule has 0 saturated carbocycles. The monoisotopic (exact) mass is 261 g/mol. The minimum atomic E-state index is 0.390. The molecule has 96 valence electrons. The first-order valence-electron chi connectivity index (χ1n) is 6.28. The van der Waals surface area contributed by atoms with E-state index in [1.54, 1.807) is 11.3 Å². The van der Waals surface area contributed by atoms with Crippen LogP contribution in [0.25, 0.3) is 0 Å². The van der Waals surface area contributed by atoms with E-state index < -0.39 is 0 Å². The van der Waals surface area contributed by atoms with Crippen molar-refractivity contribution in [2.45, 2.75) is 26.5 Å². The van der Waals surface area contributed by atoms with Gasteiger partial charge in [0.2, 0.25) is 0 Å². The first-order valence-corrected chi connectivity index (χ1v) is 7.16. The third-order valence-corrected chi connectivity index (χ3v) is 3.70. The quantitative estimate of drug-likeness (QED) is 0.848. The molecule has 0 aliphatic rings.